The fourth-order valence-electron chi connectivity index (χ4n) is 5.79. The summed E-state index contributed by atoms with van der Waals surface area (Å²) in [7, 11) is 0. The normalized spacial score (nSPS) is 21.8. The van der Waals surface area contributed by atoms with Gasteiger partial charge in [0.1, 0.15) is 31.0 Å². The van der Waals surface area contributed by atoms with Gasteiger partial charge in [-0.15, -0.1) is 0 Å². The molecule has 10 nitrogen and oxygen atoms in total. The highest BCUT2D eigenvalue weighted by atomic mass is 16.7. The number of aliphatic hydroxyl groups is 4. The third kappa shape index (κ3) is 22.2. The van der Waals surface area contributed by atoms with Gasteiger partial charge in [0.2, 0.25) is 0 Å². The highest BCUT2D eigenvalue weighted by molar-refractivity contribution is 5.70. The fraction of sp³-hybridized carbons (Fsp3) is 0.895. The first-order valence-electron chi connectivity index (χ1n) is 19.3. The van der Waals surface area contributed by atoms with E-state index in [4.69, 9.17) is 18.9 Å². The Morgan fingerprint density at radius 3 is 1.71 bits per heavy atom. The van der Waals surface area contributed by atoms with Crippen molar-refractivity contribution >= 4 is 11.9 Å². The second kappa shape index (κ2) is 30.3. The maximum Gasteiger partial charge on any atom is 0.306 e. The van der Waals surface area contributed by atoms with Crippen LogP contribution in [0.2, 0.25) is 0 Å². The first-order chi connectivity index (χ1) is 23.3. The van der Waals surface area contributed by atoms with Crippen LogP contribution >= 0.6 is 0 Å². The molecule has 2 unspecified atom stereocenters. The van der Waals surface area contributed by atoms with Crippen molar-refractivity contribution in [1.29, 1.82) is 0 Å². The van der Waals surface area contributed by atoms with Gasteiger partial charge in [-0.25, -0.2) is 0 Å². The molecule has 1 fully saturated rings. The van der Waals surface area contributed by atoms with E-state index in [1.165, 1.54) is 89.9 Å². The SMILES string of the molecule is CCCCCCCCCCCCC/C=C/CCC(=O)O[C@H](COC(=O)CCCCCCCCCC)CO[C@@H]1O[C@H](CO)[C@H](O)C(O)C1O. The quantitative estimate of drug-likeness (QED) is 0.0347. The molecule has 1 aliphatic rings. The van der Waals surface area contributed by atoms with Crippen LogP contribution in [0.1, 0.15) is 162 Å². The molecule has 0 aromatic heterocycles. The van der Waals surface area contributed by atoms with Gasteiger partial charge in [0, 0.05) is 12.8 Å². The molecule has 6 atom stereocenters. The molecular formula is C38H70O10. The smallest absolute Gasteiger partial charge is 0.306 e. The van der Waals surface area contributed by atoms with Crippen LogP contribution in [0.15, 0.2) is 12.2 Å². The number of esters is 2. The van der Waals surface area contributed by atoms with E-state index in [9.17, 15) is 30.0 Å². The average Bonchev–Trinajstić information content (AvgIpc) is 3.08. The number of allylic oxidation sites excluding steroid dienone is 2. The number of rotatable bonds is 31. The standard InChI is InChI=1S/C38H70O10/c1-3-5-7-9-11-13-14-15-16-17-18-19-21-23-25-27-34(41)47-31(29-45-33(40)26-24-22-20-12-10-8-6-4-2)30-46-38-37(44)36(43)35(42)32(28-39)48-38/h21,23,31-32,35-39,42-44H,3-20,22,24-30H2,1-2H3/b23-21+/t31-,32-,35+,36?,37?,38-/m1/s1. The van der Waals surface area contributed by atoms with E-state index in [2.05, 4.69) is 19.9 Å². The predicted molar refractivity (Wildman–Crippen MR) is 187 cm³/mol. The third-order valence-electron chi connectivity index (χ3n) is 8.91. The number of hydrogen-bond acceptors (Lipinski definition) is 10. The van der Waals surface area contributed by atoms with Gasteiger partial charge >= 0.3 is 11.9 Å². The molecule has 48 heavy (non-hydrogen) atoms. The molecule has 0 aliphatic carbocycles. The average molecular weight is 687 g/mol. The first kappa shape index (κ1) is 44.5. The number of carbonyl (C=O) groups is 2. The number of carbonyl (C=O) groups excluding carboxylic acids is 2. The molecule has 0 radical (unpaired) electrons. The molecule has 1 heterocycles. The van der Waals surface area contributed by atoms with E-state index >= 15 is 0 Å². The molecule has 0 bridgehead atoms. The van der Waals surface area contributed by atoms with E-state index < -0.39 is 49.4 Å². The van der Waals surface area contributed by atoms with Crippen LogP contribution in [0.4, 0.5) is 0 Å². The Bertz CT molecular complexity index is 804. The van der Waals surface area contributed by atoms with Crippen molar-refractivity contribution in [1.82, 2.24) is 0 Å². The summed E-state index contributed by atoms with van der Waals surface area (Å²) in [5.41, 5.74) is 0. The minimum atomic E-state index is -1.59. The Kier molecular flexibility index (Phi) is 28.0. The van der Waals surface area contributed by atoms with Gasteiger partial charge in [-0.1, -0.05) is 135 Å². The van der Waals surface area contributed by atoms with Crippen LogP contribution in [0.25, 0.3) is 0 Å². The molecular weight excluding hydrogens is 616 g/mol. The number of hydrogen-bond donors (Lipinski definition) is 4. The maximum absolute atomic E-state index is 12.6. The minimum Gasteiger partial charge on any atom is -0.462 e. The second-order valence-corrected chi connectivity index (χ2v) is 13.4. The zero-order valence-corrected chi connectivity index (χ0v) is 30.2. The summed E-state index contributed by atoms with van der Waals surface area (Å²) in [6.45, 7) is 3.34. The Hall–Kier alpha value is -1.56. The fourth-order valence-corrected chi connectivity index (χ4v) is 5.79. The molecule has 0 aromatic carbocycles. The van der Waals surface area contributed by atoms with Crippen LogP contribution in [0.3, 0.4) is 0 Å². The van der Waals surface area contributed by atoms with Gasteiger partial charge in [0.05, 0.1) is 13.2 Å². The minimum absolute atomic E-state index is 0.150. The number of aliphatic hydroxyl groups excluding tert-OH is 4. The van der Waals surface area contributed by atoms with Gasteiger partial charge in [0.15, 0.2) is 12.4 Å². The van der Waals surface area contributed by atoms with Crippen molar-refractivity contribution in [2.75, 3.05) is 19.8 Å². The van der Waals surface area contributed by atoms with Gasteiger partial charge in [-0.05, 0) is 25.7 Å². The largest absolute Gasteiger partial charge is 0.462 e. The van der Waals surface area contributed by atoms with Crippen molar-refractivity contribution < 1.29 is 49.0 Å². The number of unbranched alkanes of at least 4 members (excludes halogenated alkanes) is 18. The van der Waals surface area contributed by atoms with Crippen LogP contribution in [0, 0.1) is 0 Å². The Balaban J connectivity index is 2.40. The zero-order chi connectivity index (χ0) is 35.2. The van der Waals surface area contributed by atoms with Gasteiger partial charge < -0.3 is 39.4 Å². The van der Waals surface area contributed by atoms with E-state index in [0.717, 1.165) is 38.5 Å². The van der Waals surface area contributed by atoms with E-state index in [-0.39, 0.29) is 32.0 Å². The molecule has 1 aliphatic heterocycles. The van der Waals surface area contributed by atoms with E-state index in [0.29, 0.717) is 6.42 Å². The van der Waals surface area contributed by atoms with Gasteiger partial charge in [0.25, 0.3) is 0 Å². The molecule has 282 valence electrons. The van der Waals surface area contributed by atoms with E-state index in [1.54, 1.807) is 0 Å². The highest BCUT2D eigenvalue weighted by Gasteiger charge is 2.44. The van der Waals surface area contributed by atoms with Crippen LogP contribution in [-0.2, 0) is 28.5 Å². The van der Waals surface area contributed by atoms with Crippen molar-refractivity contribution in [3.8, 4) is 0 Å². The van der Waals surface area contributed by atoms with Crippen LogP contribution < -0.4 is 0 Å². The van der Waals surface area contributed by atoms with Gasteiger partial charge in [-0.2, -0.15) is 0 Å². The lowest BCUT2D eigenvalue weighted by molar-refractivity contribution is -0.305. The molecule has 0 spiro atoms. The Morgan fingerprint density at radius 2 is 1.15 bits per heavy atom. The molecule has 4 N–H and O–H groups in total. The topological polar surface area (TPSA) is 152 Å². The predicted octanol–water partition coefficient (Wildman–Crippen LogP) is 6.83. The zero-order valence-electron chi connectivity index (χ0n) is 30.2. The summed E-state index contributed by atoms with van der Waals surface area (Å²) in [6, 6.07) is 0. The van der Waals surface area contributed by atoms with E-state index in [1.807, 2.05) is 6.08 Å². The van der Waals surface area contributed by atoms with Crippen molar-refractivity contribution in [2.45, 2.75) is 198 Å². The summed E-state index contributed by atoms with van der Waals surface area (Å²) in [4.78, 5) is 25.0. The lowest BCUT2D eigenvalue weighted by Gasteiger charge is -2.39. The summed E-state index contributed by atoms with van der Waals surface area (Å²) in [6.07, 6.45) is 21.1. The van der Waals surface area contributed by atoms with Crippen molar-refractivity contribution in [3.05, 3.63) is 12.2 Å². The summed E-state index contributed by atoms with van der Waals surface area (Å²) >= 11 is 0. The lowest BCUT2D eigenvalue weighted by Crippen LogP contribution is -2.59. The van der Waals surface area contributed by atoms with Crippen LogP contribution in [0.5, 0.6) is 0 Å². The molecule has 1 rings (SSSR count). The molecule has 1 saturated heterocycles. The Morgan fingerprint density at radius 1 is 0.625 bits per heavy atom. The highest BCUT2D eigenvalue weighted by Crippen LogP contribution is 2.22. The van der Waals surface area contributed by atoms with Crippen molar-refractivity contribution in [2.24, 2.45) is 0 Å². The Labute approximate surface area is 291 Å². The maximum atomic E-state index is 12.6. The van der Waals surface area contributed by atoms with Crippen molar-refractivity contribution in [3.63, 3.8) is 0 Å². The molecule has 10 heteroatoms. The molecule has 0 amide bonds. The lowest BCUT2D eigenvalue weighted by atomic mass is 9.99. The number of ether oxygens (including phenoxy) is 4. The first-order valence-corrected chi connectivity index (χ1v) is 19.3. The molecule has 0 aromatic rings. The van der Waals surface area contributed by atoms with Gasteiger partial charge in [-0.3, -0.25) is 9.59 Å². The summed E-state index contributed by atoms with van der Waals surface area (Å²) in [5, 5.41) is 39.8. The second-order valence-electron chi connectivity index (χ2n) is 13.4. The summed E-state index contributed by atoms with van der Waals surface area (Å²) in [5.74, 6) is -0.865. The third-order valence-corrected chi connectivity index (χ3v) is 8.91. The summed E-state index contributed by atoms with van der Waals surface area (Å²) < 4.78 is 21.9. The van der Waals surface area contributed by atoms with Crippen LogP contribution in [-0.4, -0.2) is 89.0 Å². The molecule has 0 saturated carbocycles. The monoisotopic (exact) mass is 686 g/mol.